The van der Waals surface area contributed by atoms with Crippen molar-refractivity contribution in [1.29, 1.82) is 0 Å². The molecule has 114 valence electrons. The second-order valence-corrected chi connectivity index (χ2v) is 7.76. The molecule has 2 heterocycles. The lowest BCUT2D eigenvalue weighted by atomic mass is 10.1. The molecule has 20 heavy (non-hydrogen) atoms. The van der Waals surface area contributed by atoms with Gasteiger partial charge in [-0.25, -0.2) is 8.42 Å². The third-order valence-corrected chi connectivity index (χ3v) is 6.20. The van der Waals surface area contributed by atoms with E-state index in [2.05, 4.69) is 15.9 Å². The second kappa shape index (κ2) is 6.79. The minimum atomic E-state index is -3.60. The molecule has 0 bridgehead atoms. The zero-order valence-electron chi connectivity index (χ0n) is 11.1. The zero-order valence-corrected chi connectivity index (χ0v) is 14.3. The normalized spacial score (nSPS) is 20.5. The Balaban J connectivity index is 2.13. The summed E-state index contributed by atoms with van der Waals surface area (Å²) in [6.07, 6.45) is 2.96. The van der Waals surface area contributed by atoms with Crippen molar-refractivity contribution in [3.8, 4) is 0 Å². The summed E-state index contributed by atoms with van der Waals surface area (Å²) in [4.78, 5) is 0.103. The summed E-state index contributed by atoms with van der Waals surface area (Å²) in [7, 11) is -2.06. The zero-order chi connectivity index (χ0) is 14.8. The first-order valence-electron chi connectivity index (χ1n) is 6.37. The van der Waals surface area contributed by atoms with Crippen LogP contribution in [0, 0.1) is 0 Å². The lowest BCUT2D eigenvalue weighted by Crippen LogP contribution is -2.37. The number of furan rings is 1. The number of hydrogen-bond acceptors (Lipinski definition) is 4. The number of ether oxygens (including phenoxy) is 1. The Hall–Kier alpha value is -0.0800. The highest BCUT2D eigenvalue weighted by Gasteiger charge is 2.29. The molecule has 2 rings (SSSR count). The van der Waals surface area contributed by atoms with E-state index in [1.165, 1.54) is 10.4 Å². The molecule has 8 heteroatoms. The summed E-state index contributed by atoms with van der Waals surface area (Å²) in [5.41, 5.74) is 0. The highest BCUT2D eigenvalue weighted by Crippen LogP contribution is 2.29. The number of halogens is 2. The van der Waals surface area contributed by atoms with Crippen LogP contribution in [0.5, 0.6) is 0 Å². The second-order valence-electron chi connectivity index (χ2n) is 4.76. The van der Waals surface area contributed by atoms with Crippen molar-refractivity contribution in [2.45, 2.75) is 36.1 Å². The quantitative estimate of drug-likeness (QED) is 0.730. The molecule has 1 fully saturated rings. The minimum absolute atomic E-state index is 0.0401. The van der Waals surface area contributed by atoms with Crippen molar-refractivity contribution in [2.75, 3.05) is 20.2 Å². The van der Waals surface area contributed by atoms with Gasteiger partial charge >= 0.3 is 0 Å². The van der Waals surface area contributed by atoms with Crippen LogP contribution < -0.4 is 0 Å². The molecule has 1 aromatic rings. The lowest BCUT2D eigenvalue weighted by molar-refractivity contribution is 0.00858. The number of nitrogens with zero attached hydrogens (tertiary/aromatic N) is 1. The van der Waals surface area contributed by atoms with Crippen molar-refractivity contribution in [1.82, 2.24) is 4.31 Å². The number of hydrogen-bond donors (Lipinski definition) is 0. The highest BCUT2D eigenvalue weighted by atomic mass is 79.9. The largest absolute Gasteiger partial charge is 0.452 e. The van der Waals surface area contributed by atoms with Crippen LogP contribution in [0.15, 0.2) is 20.0 Å². The Labute approximate surface area is 132 Å². The average molecular weight is 387 g/mol. The smallest absolute Gasteiger partial charge is 0.247 e. The Morgan fingerprint density at radius 2 is 2.25 bits per heavy atom. The summed E-state index contributed by atoms with van der Waals surface area (Å²) in [5.74, 6) is 0.545. The van der Waals surface area contributed by atoms with Gasteiger partial charge in [0.2, 0.25) is 10.0 Å². The summed E-state index contributed by atoms with van der Waals surface area (Å²) < 4.78 is 37.3. The fourth-order valence-electron chi connectivity index (χ4n) is 2.14. The summed E-state index contributed by atoms with van der Waals surface area (Å²) in [5, 5.41) is 0. The molecule has 0 spiro atoms. The van der Waals surface area contributed by atoms with Crippen LogP contribution in [0.1, 0.15) is 25.0 Å². The first-order chi connectivity index (χ1) is 9.45. The van der Waals surface area contributed by atoms with Crippen molar-refractivity contribution in [3.63, 3.8) is 0 Å². The maximum absolute atomic E-state index is 12.5. The van der Waals surface area contributed by atoms with Gasteiger partial charge in [0.05, 0.1) is 12.0 Å². The summed E-state index contributed by atoms with van der Waals surface area (Å²) >= 11 is 8.78. The Kier molecular flexibility index (Phi) is 5.53. The van der Waals surface area contributed by atoms with Gasteiger partial charge in [0.25, 0.3) is 0 Å². The van der Waals surface area contributed by atoms with Gasteiger partial charge in [-0.15, -0.1) is 11.6 Å². The third kappa shape index (κ3) is 3.57. The molecule has 0 amide bonds. The van der Waals surface area contributed by atoms with Crippen LogP contribution in [0.3, 0.4) is 0 Å². The fourth-order valence-corrected chi connectivity index (χ4v) is 4.43. The van der Waals surface area contributed by atoms with Crippen molar-refractivity contribution in [2.24, 2.45) is 0 Å². The summed E-state index contributed by atoms with van der Waals surface area (Å²) in [6, 6.07) is 1.45. The number of rotatable bonds is 5. The molecule has 0 N–H and O–H groups in total. The van der Waals surface area contributed by atoms with Gasteiger partial charge in [-0.05, 0) is 35.2 Å². The van der Waals surface area contributed by atoms with Gasteiger partial charge in [-0.1, -0.05) is 0 Å². The van der Waals surface area contributed by atoms with E-state index in [0.29, 0.717) is 18.9 Å². The van der Waals surface area contributed by atoms with Crippen LogP contribution in [-0.4, -0.2) is 39.0 Å². The molecular weight excluding hydrogens is 370 g/mol. The molecule has 5 nitrogen and oxygen atoms in total. The summed E-state index contributed by atoms with van der Waals surface area (Å²) in [6.45, 7) is 1.04. The highest BCUT2D eigenvalue weighted by molar-refractivity contribution is 9.10. The minimum Gasteiger partial charge on any atom is -0.452 e. The average Bonchev–Trinajstić information content (AvgIpc) is 2.82. The Bertz CT molecular complexity index is 554. The van der Waals surface area contributed by atoms with Crippen LogP contribution in [0.2, 0.25) is 0 Å². The molecule has 0 aliphatic carbocycles. The maximum Gasteiger partial charge on any atom is 0.247 e. The molecule has 1 aromatic heterocycles. The topological polar surface area (TPSA) is 59.8 Å². The van der Waals surface area contributed by atoms with Crippen molar-refractivity contribution < 1.29 is 17.6 Å². The van der Waals surface area contributed by atoms with E-state index in [0.717, 1.165) is 19.3 Å². The molecule has 1 saturated heterocycles. The molecule has 0 radical (unpaired) electrons. The van der Waals surface area contributed by atoms with Crippen LogP contribution in [0.4, 0.5) is 0 Å². The fraction of sp³-hybridized carbons (Fsp3) is 0.667. The van der Waals surface area contributed by atoms with Crippen molar-refractivity contribution in [3.05, 3.63) is 16.5 Å². The molecule has 0 aromatic carbocycles. The first-order valence-corrected chi connectivity index (χ1v) is 9.14. The predicted octanol–water partition coefficient (Wildman–Crippen LogP) is 2.97. The van der Waals surface area contributed by atoms with E-state index in [9.17, 15) is 8.42 Å². The van der Waals surface area contributed by atoms with E-state index in [-0.39, 0.29) is 21.5 Å². The molecule has 1 unspecified atom stereocenters. The number of sulfonamides is 1. The third-order valence-electron chi connectivity index (χ3n) is 3.26. The maximum atomic E-state index is 12.5. The van der Waals surface area contributed by atoms with Crippen LogP contribution in [0.25, 0.3) is 0 Å². The first kappa shape index (κ1) is 16.3. The predicted molar refractivity (Wildman–Crippen MR) is 79.4 cm³/mol. The van der Waals surface area contributed by atoms with Crippen LogP contribution in [-0.2, 0) is 20.6 Å². The van der Waals surface area contributed by atoms with E-state index in [1.807, 2.05) is 0 Å². The van der Waals surface area contributed by atoms with Gasteiger partial charge in [-0.2, -0.15) is 4.31 Å². The molecule has 1 aliphatic heterocycles. The Morgan fingerprint density at radius 3 is 2.80 bits per heavy atom. The van der Waals surface area contributed by atoms with Gasteiger partial charge in [-0.3, -0.25) is 0 Å². The monoisotopic (exact) mass is 385 g/mol. The number of likely N-dealkylation sites (N-methyl/N-ethyl adjacent to an activating group) is 1. The lowest BCUT2D eigenvalue weighted by Gasteiger charge is -2.26. The van der Waals surface area contributed by atoms with E-state index in [4.69, 9.17) is 20.8 Å². The molecule has 0 saturated carbocycles. The number of alkyl halides is 1. The van der Waals surface area contributed by atoms with E-state index >= 15 is 0 Å². The SMILES string of the molecule is CN(CC1CCCCO1)S(=O)(=O)c1cc(CCl)oc1Br. The van der Waals surface area contributed by atoms with E-state index < -0.39 is 10.0 Å². The standard InChI is InChI=1S/C12H17BrClNO4S/c1-15(8-9-4-2-3-5-18-9)20(16,17)11-6-10(7-14)19-12(11)13/h6,9H,2-5,7-8H2,1H3. The van der Waals surface area contributed by atoms with Crippen molar-refractivity contribution >= 4 is 37.6 Å². The van der Waals surface area contributed by atoms with Gasteiger partial charge in [0.15, 0.2) is 4.67 Å². The van der Waals surface area contributed by atoms with Gasteiger partial charge < -0.3 is 9.15 Å². The van der Waals surface area contributed by atoms with Gasteiger partial charge in [0.1, 0.15) is 10.7 Å². The Morgan fingerprint density at radius 1 is 1.50 bits per heavy atom. The molecule has 1 aliphatic rings. The molecular formula is C12H17BrClNO4S. The molecule has 1 atom stereocenters. The van der Waals surface area contributed by atoms with E-state index in [1.54, 1.807) is 7.05 Å². The van der Waals surface area contributed by atoms with Crippen LogP contribution >= 0.6 is 27.5 Å². The van der Waals surface area contributed by atoms with Gasteiger partial charge in [0, 0.05) is 26.3 Å².